The Morgan fingerprint density at radius 3 is 2.63 bits per heavy atom. The molecule has 0 spiro atoms. The van der Waals surface area contributed by atoms with Crippen LogP contribution in [0.2, 0.25) is 0 Å². The quantitative estimate of drug-likeness (QED) is 0.883. The number of anilines is 1. The number of hydrogen-bond donors (Lipinski definition) is 1. The fourth-order valence-electron chi connectivity index (χ4n) is 2.74. The number of pyridine rings is 1. The monoisotopic (exact) mass is 259 g/mol. The van der Waals surface area contributed by atoms with Crippen molar-refractivity contribution in [2.24, 2.45) is 11.3 Å². The summed E-state index contributed by atoms with van der Waals surface area (Å²) in [6.07, 6.45) is 7.20. The summed E-state index contributed by atoms with van der Waals surface area (Å²) >= 11 is 0. The Morgan fingerprint density at radius 2 is 2.16 bits per heavy atom. The molecule has 4 nitrogen and oxygen atoms in total. The summed E-state index contributed by atoms with van der Waals surface area (Å²) in [4.78, 5) is 17.6. The van der Waals surface area contributed by atoms with E-state index in [1.165, 1.54) is 25.7 Å². The number of nitrogens with one attached hydrogen (secondary N) is 1. The maximum absolute atomic E-state index is 11.7. The molecule has 0 aromatic carbocycles. The van der Waals surface area contributed by atoms with Gasteiger partial charge < -0.3 is 10.2 Å². The van der Waals surface area contributed by atoms with E-state index in [9.17, 15) is 4.79 Å². The summed E-state index contributed by atoms with van der Waals surface area (Å²) in [7, 11) is 3.50. The van der Waals surface area contributed by atoms with Gasteiger partial charge in [0.05, 0.1) is 5.56 Å². The van der Waals surface area contributed by atoms with E-state index >= 15 is 0 Å². The first-order valence-corrected chi connectivity index (χ1v) is 7.02. The molecule has 1 aromatic rings. The highest BCUT2D eigenvalue weighted by atomic mass is 16.2. The maximum Gasteiger partial charge on any atom is 0.254 e. The van der Waals surface area contributed by atoms with Crippen LogP contribution in [0.1, 0.15) is 36.0 Å². The van der Waals surface area contributed by atoms with E-state index in [0.29, 0.717) is 11.0 Å². The van der Waals surface area contributed by atoms with Gasteiger partial charge in [0.2, 0.25) is 0 Å². The maximum atomic E-state index is 11.7. The van der Waals surface area contributed by atoms with Gasteiger partial charge in [-0.1, -0.05) is 0 Å². The Kier molecular flexibility index (Phi) is 2.96. The molecule has 0 atom stereocenters. The minimum Gasteiger partial charge on any atom is -0.370 e. The Bertz CT molecular complexity index is 473. The average molecular weight is 259 g/mol. The predicted molar refractivity (Wildman–Crippen MR) is 75.1 cm³/mol. The second kappa shape index (κ2) is 4.51. The Hall–Kier alpha value is -1.58. The van der Waals surface area contributed by atoms with Gasteiger partial charge >= 0.3 is 0 Å². The number of hydrogen-bond acceptors (Lipinski definition) is 3. The van der Waals surface area contributed by atoms with E-state index in [1.54, 1.807) is 25.2 Å². The summed E-state index contributed by atoms with van der Waals surface area (Å²) in [5.74, 6) is 1.83. The highest BCUT2D eigenvalue weighted by Gasteiger charge is 2.53. The zero-order valence-corrected chi connectivity index (χ0v) is 11.6. The van der Waals surface area contributed by atoms with Gasteiger partial charge in [-0.2, -0.15) is 0 Å². The first-order chi connectivity index (χ1) is 9.11. The molecule has 0 unspecified atom stereocenters. The van der Waals surface area contributed by atoms with Gasteiger partial charge in [0.25, 0.3) is 5.91 Å². The van der Waals surface area contributed by atoms with E-state index in [2.05, 4.69) is 10.3 Å². The van der Waals surface area contributed by atoms with E-state index in [4.69, 9.17) is 0 Å². The highest BCUT2D eigenvalue weighted by molar-refractivity contribution is 5.93. The van der Waals surface area contributed by atoms with Gasteiger partial charge in [0.1, 0.15) is 5.82 Å². The highest BCUT2D eigenvalue weighted by Crippen LogP contribution is 2.61. The number of rotatable bonds is 5. The zero-order chi connectivity index (χ0) is 13.5. The lowest BCUT2D eigenvalue weighted by Gasteiger charge is -2.15. The molecule has 1 aromatic heterocycles. The van der Waals surface area contributed by atoms with E-state index in [1.807, 2.05) is 12.1 Å². The summed E-state index contributed by atoms with van der Waals surface area (Å²) in [6, 6.07) is 3.74. The first-order valence-electron chi connectivity index (χ1n) is 7.02. The van der Waals surface area contributed by atoms with E-state index < -0.39 is 0 Å². The third-order valence-corrected chi connectivity index (χ3v) is 4.37. The minimum atomic E-state index is -0.00399. The average Bonchev–Trinajstić information content (AvgIpc) is 3.28. The number of carbonyl (C=O) groups excluding carboxylic acids is 1. The second-order valence-corrected chi connectivity index (χ2v) is 6.12. The molecule has 1 amide bonds. The number of amides is 1. The first kappa shape index (κ1) is 12.5. The number of nitrogens with zero attached hydrogens (tertiary/aromatic N) is 2. The molecule has 0 saturated heterocycles. The molecule has 1 heterocycles. The third-order valence-electron chi connectivity index (χ3n) is 4.37. The molecule has 2 aliphatic carbocycles. The van der Waals surface area contributed by atoms with Gasteiger partial charge in [0, 0.05) is 26.8 Å². The van der Waals surface area contributed by atoms with Crippen molar-refractivity contribution in [1.82, 2.24) is 9.88 Å². The molecular formula is C15H21N3O. The van der Waals surface area contributed by atoms with Crippen molar-refractivity contribution >= 4 is 11.7 Å². The molecule has 19 heavy (non-hydrogen) atoms. The van der Waals surface area contributed by atoms with Crippen LogP contribution in [-0.2, 0) is 0 Å². The standard InChI is InChI=1S/C15H21N3O/c1-18(2)14(19)11-3-6-13(16-9-11)17-10-15(7-8-15)12-4-5-12/h3,6,9,12H,4-5,7-8,10H2,1-2H3,(H,16,17). The summed E-state index contributed by atoms with van der Waals surface area (Å²) < 4.78 is 0. The van der Waals surface area contributed by atoms with Crippen molar-refractivity contribution in [2.45, 2.75) is 25.7 Å². The lowest BCUT2D eigenvalue weighted by Crippen LogP contribution is -2.22. The molecule has 2 aliphatic rings. The number of aromatic nitrogens is 1. The Morgan fingerprint density at radius 1 is 1.42 bits per heavy atom. The van der Waals surface area contributed by atoms with Gasteiger partial charge in [-0.15, -0.1) is 0 Å². The smallest absolute Gasteiger partial charge is 0.254 e. The SMILES string of the molecule is CN(C)C(=O)c1ccc(NCC2(C3CC3)CC2)nc1. The van der Waals surface area contributed by atoms with Crippen LogP contribution in [-0.4, -0.2) is 36.4 Å². The van der Waals surface area contributed by atoms with Crippen molar-refractivity contribution in [3.63, 3.8) is 0 Å². The van der Waals surface area contributed by atoms with Crippen LogP contribution >= 0.6 is 0 Å². The van der Waals surface area contributed by atoms with Crippen molar-refractivity contribution in [1.29, 1.82) is 0 Å². The van der Waals surface area contributed by atoms with Crippen LogP contribution in [0.15, 0.2) is 18.3 Å². The summed E-state index contributed by atoms with van der Waals surface area (Å²) in [5, 5.41) is 3.43. The van der Waals surface area contributed by atoms with Crippen LogP contribution in [0.3, 0.4) is 0 Å². The molecule has 4 heteroatoms. The summed E-state index contributed by atoms with van der Waals surface area (Å²) in [6.45, 7) is 1.03. The van der Waals surface area contributed by atoms with Crippen molar-refractivity contribution < 1.29 is 4.79 Å². The fourth-order valence-corrected chi connectivity index (χ4v) is 2.74. The molecular weight excluding hydrogens is 238 g/mol. The van der Waals surface area contributed by atoms with Crippen molar-refractivity contribution in [2.75, 3.05) is 26.0 Å². The van der Waals surface area contributed by atoms with Gasteiger partial charge in [0.15, 0.2) is 0 Å². The molecule has 0 bridgehead atoms. The van der Waals surface area contributed by atoms with E-state index in [-0.39, 0.29) is 5.91 Å². The van der Waals surface area contributed by atoms with Crippen LogP contribution in [0.4, 0.5) is 5.82 Å². The fraction of sp³-hybridized carbons (Fsp3) is 0.600. The molecule has 3 rings (SSSR count). The normalized spacial score (nSPS) is 19.9. The second-order valence-electron chi connectivity index (χ2n) is 6.12. The molecule has 1 N–H and O–H groups in total. The van der Waals surface area contributed by atoms with Crippen molar-refractivity contribution in [3.8, 4) is 0 Å². The zero-order valence-electron chi connectivity index (χ0n) is 11.6. The number of carbonyl (C=O) groups is 1. The molecule has 102 valence electrons. The van der Waals surface area contributed by atoms with E-state index in [0.717, 1.165) is 18.3 Å². The molecule has 0 aliphatic heterocycles. The van der Waals surface area contributed by atoms with Gasteiger partial charge in [-0.25, -0.2) is 4.98 Å². The van der Waals surface area contributed by atoms with Crippen LogP contribution < -0.4 is 5.32 Å². The molecule has 2 fully saturated rings. The largest absolute Gasteiger partial charge is 0.370 e. The van der Waals surface area contributed by atoms with Crippen LogP contribution in [0.5, 0.6) is 0 Å². The van der Waals surface area contributed by atoms with Crippen LogP contribution in [0, 0.1) is 11.3 Å². The Labute approximate surface area is 114 Å². The van der Waals surface area contributed by atoms with Gasteiger partial charge in [-0.05, 0) is 49.1 Å². The minimum absolute atomic E-state index is 0.00399. The lowest BCUT2D eigenvalue weighted by molar-refractivity contribution is 0.0827. The summed E-state index contributed by atoms with van der Waals surface area (Å²) in [5.41, 5.74) is 1.21. The lowest BCUT2D eigenvalue weighted by atomic mass is 10.0. The Balaban J connectivity index is 1.58. The predicted octanol–water partition coefficient (Wildman–Crippen LogP) is 2.39. The van der Waals surface area contributed by atoms with Crippen LogP contribution in [0.25, 0.3) is 0 Å². The molecule has 2 saturated carbocycles. The van der Waals surface area contributed by atoms with Crippen molar-refractivity contribution in [3.05, 3.63) is 23.9 Å². The van der Waals surface area contributed by atoms with Gasteiger partial charge in [-0.3, -0.25) is 4.79 Å². The topological polar surface area (TPSA) is 45.2 Å². The third kappa shape index (κ3) is 2.57. The molecule has 0 radical (unpaired) electrons.